The lowest BCUT2D eigenvalue weighted by molar-refractivity contribution is -0.120. The molecule has 3 rings (SSSR count). The fraction of sp³-hybridized carbons (Fsp3) is 0.625. The highest BCUT2D eigenvalue weighted by atomic mass is 32.2. The second-order valence-corrected chi connectivity index (χ2v) is 8.07. The Labute approximate surface area is 149 Å². The zero-order valence-electron chi connectivity index (χ0n) is 13.8. The lowest BCUT2D eigenvalue weighted by Crippen LogP contribution is -2.20. The van der Waals surface area contributed by atoms with Gasteiger partial charge in [0.1, 0.15) is 9.86 Å². The van der Waals surface area contributed by atoms with Gasteiger partial charge in [-0.2, -0.15) is 0 Å². The molecule has 0 amide bonds. The van der Waals surface area contributed by atoms with Crippen LogP contribution in [0.25, 0.3) is 10.2 Å². The molecule has 0 saturated carbocycles. The Kier molecular flexibility index (Phi) is 6.20. The molecule has 0 atom stereocenters. The number of thiophene rings is 1. The van der Waals surface area contributed by atoms with E-state index in [-0.39, 0.29) is 6.29 Å². The van der Waals surface area contributed by atoms with Crippen molar-refractivity contribution < 1.29 is 9.47 Å². The van der Waals surface area contributed by atoms with Gasteiger partial charge in [0.25, 0.3) is 0 Å². The van der Waals surface area contributed by atoms with Crippen molar-refractivity contribution in [3.05, 3.63) is 10.4 Å². The summed E-state index contributed by atoms with van der Waals surface area (Å²) in [4.78, 5) is 12.1. The largest absolute Gasteiger partial charge is 0.352 e. The molecule has 0 spiro atoms. The quantitative estimate of drug-likeness (QED) is 0.297. The lowest BCUT2D eigenvalue weighted by Gasteiger charge is -2.16. The maximum Gasteiger partial charge on any atom is 0.189 e. The first-order valence-electron chi connectivity index (χ1n) is 7.99. The zero-order valence-corrected chi connectivity index (χ0v) is 16.2. The molecular weight excluding hydrogens is 348 g/mol. The van der Waals surface area contributed by atoms with Gasteiger partial charge in [-0.05, 0) is 44.9 Å². The summed E-state index contributed by atoms with van der Waals surface area (Å²) in [5, 5.41) is 3.21. The number of aromatic nitrogens is 2. The predicted octanol–water partition coefficient (Wildman–Crippen LogP) is 4.39. The number of rotatable bonds is 8. The van der Waals surface area contributed by atoms with Gasteiger partial charge in [0.15, 0.2) is 11.4 Å². The molecule has 0 radical (unpaired) electrons. The van der Waals surface area contributed by atoms with Crippen LogP contribution in [0.15, 0.2) is 10.2 Å². The maximum absolute atomic E-state index is 5.66. The maximum atomic E-state index is 5.66. The minimum Gasteiger partial charge on any atom is -0.352 e. The van der Waals surface area contributed by atoms with Gasteiger partial charge in [0, 0.05) is 23.5 Å². The number of thioether (sulfide) groups is 2. The first kappa shape index (κ1) is 17.5. The zero-order chi connectivity index (χ0) is 16.2. The van der Waals surface area contributed by atoms with Crippen LogP contribution >= 0.6 is 34.9 Å². The lowest BCUT2D eigenvalue weighted by atomic mass is 10.2. The van der Waals surface area contributed by atoms with Crippen molar-refractivity contribution in [2.45, 2.75) is 49.6 Å². The van der Waals surface area contributed by atoms with Crippen LogP contribution in [0, 0.1) is 0 Å². The fourth-order valence-electron chi connectivity index (χ4n) is 2.80. The Morgan fingerprint density at radius 3 is 2.65 bits per heavy atom. The first-order valence-corrected chi connectivity index (χ1v) is 11.0. The number of nitrogens with zero attached hydrogens (tertiary/aromatic N) is 2. The highest BCUT2D eigenvalue weighted by molar-refractivity contribution is 7.99. The molecule has 4 nitrogen and oxygen atoms in total. The van der Waals surface area contributed by atoms with Crippen LogP contribution < -0.4 is 0 Å². The molecule has 0 N–H and O–H groups in total. The Bertz CT molecular complexity index is 669. The van der Waals surface area contributed by atoms with Gasteiger partial charge < -0.3 is 9.47 Å². The summed E-state index contributed by atoms with van der Waals surface area (Å²) in [5.74, 6) is 0.756. The van der Waals surface area contributed by atoms with Gasteiger partial charge in [-0.25, -0.2) is 9.97 Å². The van der Waals surface area contributed by atoms with Gasteiger partial charge in [0.05, 0.1) is 5.75 Å². The number of ether oxygens (including phenoxy) is 2. The standard InChI is InChI=1S/C16H22N2O2S3/c1-4-19-12(20-5-2)9-22-14-13-10-7-6-8-11(10)23-15(13)18-16(17-14)21-3/h12H,4-9H2,1-3H3. The predicted molar refractivity (Wildman–Crippen MR) is 99.0 cm³/mol. The van der Waals surface area contributed by atoms with Crippen LogP contribution in [0.2, 0.25) is 0 Å². The minimum atomic E-state index is -0.176. The molecule has 126 valence electrons. The summed E-state index contributed by atoms with van der Waals surface area (Å²) in [6.07, 6.45) is 5.46. The molecule has 0 fully saturated rings. The van der Waals surface area contributed by atoms with Gasteiger partial charge in [-0.3, -0.25) is 0 Å². The molecule has 2 aromatic heterocycles. The van der Waals surface area contributed by atoms with Crippen LogP contribution in [0.5, 0.6) is 0 Å². The van der Waals surface area contributed by atoms with E-state index in [1.54, 1.807) is 23.5 Å². The molecule has 0 aromatic carbocycles. The normalized spacial score (nSPS) is 14.1. The summed E-state index contributed by atoms with van der Waals surface area (Å²) >= 11 is 5.18. The van der Waals surface area contributed by atoms with E-state index in [2.05, 4.69) is 0 Å². The van der Waals surface area contributed by atoms with Gasteiger partial charge in [-0.1, -0.05) is 11.8 Å². The summed E-state index contributed by atoms with van der Waals surface area (Å²) in [5.41, 5.74) is 1.48. The van der Waals surface area contributed by atoms with E-state index in [9.17, 15) is 0 Å². The van der Waals surface area contributed by atoms with Crippen LogP contribution in [0.4, 0.5) is 0 Å². The third-order valence-corrected chi connectivity index (χ3v) is 6.50. The molecule has 7 heteroatoms. The molecule has 2 aromatic rings. The molecule has 0 bridgehead atoms. The van der Waals surface area contributed by atoms with E-state index in [0.29, 0.717) is 13.2 Å². The Hall–Kier alpha value is -0.340. The number of hydrogen-bond acceptors (Lipinski definition) is 7. The number of hydrogen-bond donors (Lipinski definition) is 0. The third kappa shape index (κ3) is 3.85. The highest BCUT2D eigenvalue weighted by Gasteiger charge is 2.23. The molecule has 0 saturated heterocycles. The van der Waals surface area contributed by atoms with Crippen LogP contribution in [0.1, 0.15) is 30.7 Å². The van der Waals surface area contributed by atoms with Crippen molar-refractivity contribution >= 4 is 45.1 Å². The average molecular weight is 371 g/mol. The Morgan fingerprint density at radius 1 is 1.17 bits per heavy atom. The van der Waals surface area contributed by atoms with Crippen molar-refractivity contribution in [3.8, 4) is 0 Å². The van der Waals surface area contributed by atoms with Crippen molar-refractivity contribution in [3.63, 3.8) is 0 Å². The Balaban J connectivity index is 1.89. The van der Waals surface area contributed by atoms with Gasteiger partial charge in [0.2, 0.25) is 0 Å². The van der Waals surface area contributed by atoms with Crippen LogP contribution in [-0.4, -0.2) is 41.5 Å². The van der Waals surface area contributed by atoms with Crippen molar-refractivity contribution in [2.24, 2.45) is 0 Å². The minimum absolute atomic E-state index is 0.176. The summed E-state index contributed by atoms with van der Waals surface area (Å²) in [7, 11) is 0. The molecule has 23 heavy (non-hydrogen) atoms. The summed E-state index contributed by atoms with van der Waals surface area (Å²) in [6, 6.07) is 0. The Morgan fingerprint density at radius 2 is 1.96 bits per heavy atom. The molecule has 2 heterocycles. The molecule has 0 unspecified atom stereocenters. The topological polar surface area (TPSA) is 44.2 Å². The van der Waals surface area contributed by atoms with Crippen molar-refractivity contribution in [1.82, 2.24) is 9.97 Å². The van der Waals surface area contributed by atoms with E-state index in [1.807, 2.05) is 31.4 Å². The second kappa shape index (κ2) is 8.16. The van der Waals surface area contributed by atoms with E-state index in [4.69, 9.17) is 19.4 Å². The smallest absolute Gasteiger partial charge is 0.189 e. The highest BCUT2D eigenvalue weighted by Crippen LogP contribution is 2.41. The van der Waals surface area contributed by atoms with E-state index in [1.165, 1.54) is 28.7 Å². The molecule has 0 aliphatic heterocycles. The summed E-state index contributed by atoms with van der Waals surface area (Å²) in [6.45, 7) is 5.32. The van der Waals surface area contributed by atoms with Crippen molar-refractivity contribution in [2.75, 3.05) is 25.2 Å². The van der Waals surface area contributed by atoms with Gasteiger partial charge >= 0.3 is 0 Å². The monoisotopic (exact) mass is 370 g/mol. The van der Waals surface area contributed by atoms with E-state index >= 15 is 0 Å². The molecule has 1 aliphatic carbocycles. The van der Waals surface area contributed by atoms with E-state index < -0.39 is 0 Å². The average Bonchev–Trinajstić information content (AvgIpc) is 3.12. The van der Waals surface area contributed by atoms with Crippen LogP contribution in [0.3, 0.4) is 0 Å². The summed E-state index contributed by atoms with van der Waals surface area (Å²) < 4.78 is 11.3. The SMILES string of the molecule is CCOC(CSc1nc(SC)nc2sc3c(c12)CCC3)OCC. The molecule has 1 aliphatic rings. The fourth-order valence-corrected chi connectivity index (χ4v) is 5.61. The number of aryl methyl sites for hydroxylation is 2. The number of fused-ring (bicyclic) bond motifs is 3. The molecular formula is C16H22N2O2S3. The first-order chi connectivity index (χ1) is 11.3. The van der Waals surface area contributed by atoms with Gasteiger partial charge in [-0.15, -0.1) is 23.1 Å². The van der Waals surface area contributed by atoms with E-state index in [0.717, 1.165) is 27.2 Å². The van der Waals surface area contributed by atoms with Crippen molar-refractivity contribution in [1.29, 1.82) is 0 Å². The second-order valence-electron chi connectivity index (χ2n) is 5.20. The van der Waals surface area contributed by atoms with Crippen LogP contribution in [-0.2, 0) is 22.3 Å². The third-order valence-electron chi connectivity index (χ3n) is 3.75.